The lowest BCUT2D eigenvalue weighted by molar-refractivity contribution is 0.0585. The van der Waals surface area contributed by atoms with Crippen LogP contribution < -0.4 is 15.4 Å². The van der Waals surface area contributed by atoms with Crippen molar-refractivity contribution in [2.45, 2.75) is 46.1 Å². The monoisotopic (exact) mass is 547 g/mol. The lowest BCUT2D eigenvalue weighted by atomic mass is 10.1. The fourth-order valence-electron chi connectivity index (χ4n) is 2.48. The molecule has 0 saturated carbocycles. The molecule has 9 nitrogen and oxygen atoms in total. The number of hydrogen-bond acceptors (Lipinski definition) is 7. The van der Waals surface area contributed by atoms with Crippen molar-refractivity contribution < 1.29 is 19.5 Å². The number of aromatic nitrogens is 2. The third-order valence-electron chi connectivity index (χ3n) is 3.85. The van der Waals surface area contributed by atoms with Crippen LogP contribution >= 0.6 is 39.1 Å². The Morgan fingerprint density at radius 3 is 2.41 bits per heavy atom. The van der Waals surface area contributed by atoms with Crippen molar-refractivity contribution >= 4 is 56.7 Å². The van der Waals surface area contributed by atoms with Crippen LogP contribution in [0.4, 0.5) is 10.5 Å². The molecule has 12 heteroatoms. The zero-order valence-electron chi connectivity index (χ0n) is 18.2. The highest BCUT2D eigenvalue weighted by atomic mass is 79.9. The summed E-state index contributed by atoms with van der Waals surface area (Å²) in [5.41, 5.74) is 5.85. The van der Waals surface area contributed by atoms with E-state index in [-0.39, 0.29) is 45.8 Å². The summed E-state index contributed by atoms with van der Waals surface area (Å²) < 4.78 is 11.9. The van der Waals surface area contributed by atoms with Gasteiger partial charge in [-0.2, -0.15) is 4.98 Å². The summed E-state index contributed by atoms with van der Waals surface area (Å²) in [6.07, 6.45) is 0.845. The third kappa shape index (κ3) is 6.85. The lowest BCUT2D eigenvalue weighted by Gasteiger charge is -2.27. The van der Waals surface area contributed by atoms with Crippen LogP contribution in [0.15, 0.2) is 28.0 Å². The molecule has 1 amide bonds. The molecule has 0 atom stereocenters. The van der Waals surface area contributed by atoms with Gasteiger partial charge >= 0.3 is 12.1 Å². The van der Waals surface area contributed by atoms with Gasteiger partial charge in [-0.3, -0.25) is 4.90 Å². The summed E-state index contributed by atoms with van der Waals surface area (Å²) in [6.45, 7) is 8.86. The van der Waals surface area contributed by atoms with Crippen molar-refractivity contribution in [3.8, 4) is 11.8 Å². The minimum absolute atomic E-state index is 0.0640. The molecule has 2 aromatic rings. The van der Waals surface area contributed by atoms with Crippen LogP contribution in [0.25, 0.3) is 0 Å². The minimum atomic E-state index is -0.774. The number of carbonyl (C=O) groups is 1. The van der Waals surface area contributed by atoms with Gasteiger partial charge in [-0.25, -0.2) is 9.78 Å². The lowest BCUT2D eigenvalue weighted by Crippen LogP contribution is -2.42. The Morgan fingerprint density at radius 1 is 1.31 bits per heavy atom. The number of nitrogens with two attached hydrogens (primary N) is 1. The zero-order chi connectivity index (χ0) is 24.2. The van der Waals surface area contributed by atoms with E-state index in [4.69, 9.17) is 43.6 Å². The van der Waals surface area contributed by atoms with Gasteiger partial charge in [-0.05, 0) is 54.8 Å². The van der Waals surface area contributed by atoms with E-state index < -0.39 is 11.7 Å². The van der Waals surface area contributed by atoms with Crippen molar-refractivity contribution in [1.82, 2.24) is 9.97 Å². The number of ether oxygens (including phenoxy) is 2. The fraction of sp³-hybridized carbons (Fsp3) is 0.400. The Kier molecular flexibility index (Phi) is 8.55. The molecule has 2 rings (SSSR count). The standard InChI is InChI=1S/C20H24BrCl2N5O4/c1-10(2)16-12(21)8-25-18(26-16)31-17-13(22)6-11(7-14(17)23)28(9-15(24)27-30)19(29)32-20(3,4)5/h6-8,10,30H,9H2,1-5H3,(H2,24,27). The largest absolute Gasteiger partial charge is 0.443 e. The van der Waals surface area contributed by atoms with Gasteiger partial charge in [0.1, 0.15) is 5.60 Å². The number of amidine groups is 1. The number of carbonyl (C=O) groups excluding carboxylic acids is 1. The van der Waals surface area contributed by atoms with Crippen LogP contribution in [-0.4, -0.2) is 39.2 Å². The molecule has 0 aliphatic rings. The van der Waals surface area contributed by atoms with Crippen molar-refractivity contribution in [1.29, 1.82) is 0 Å². The average molecular weight is 549 g/mol. The minimum Gasteiger partial charge on any atom is -0.443 e. The Hall–Kier alpha value is -2.30. The highest BCUT2D eigenvalue weighted by molar-refractivity contribution is 9.10. The number of hydrogen-bond donors (Lipinski definition) is 2. The SMILES string of the molecule is CC(C)c1nc(Oc2c(Cl)cc(N(C/C(N)=N/O)C(=O)OC(C)(C)C)cc2Cl)ncc1Br. The molecule has 0 spiro atoms. The first-order valence-electron chi connectivity index (χ1n) is 9.48. The molecule has 1 aromatic carbocycles. The van der Waals surface area contributed by atoms with Gasteiger partial charge in [0.05, 0.1) is 32.4 Å². The smallest absolute Gasteiger partial charge is 0.415 e. The number of oxime groups is 1. The van der Waals surface area contributed by atoms with Gasteiger partial charge in [0.15, 0.2) is 11.6 Å². The average Bonchev–Trinajstić information content (AvgIpc) is 2.68. The number of rotatable bonds is 6. The molecule has 0 unspecified atom stereocenters. The van der Waals surface area contributed by atoms with Gasteiger partial charge in [-0.15, -0.1) is 0 Å². The number of nitrogens with zero attached hydrogens (tertiary/aromatic N) is 4. The molecule has 3 N–H and O–H groups in total. The molecule has 1 heterocycles. The summed E-state index contributed by atoms with van der Waals surface area (Å²) in [4.78, 5) is 22.4. The van der Waals surface area contributed by atoms with Gasteiger partial charge in [0, 0.05) is 6.20 Å². The van der Waals surface area contributed by atoms with Gasteiger partial charge in [0.25, 0.3) is 0 Å². The van der Waals surface area contributed by atoms with E-state index in [1.54, 1.807) is 27.0 Å². The van der Waals surface area contributed by atoms with Gasteiger partial charge in [0.2, 0.25) is 0 Å². The van der Waals surface area contributed by atoms with E-state index in [1.807, 2.05) is 13.8 Å². The normalized spacial score (nSPS) is 12.1. The quantitative estimate of drug-likeness (QED) is 0.198. The van der Waals surface area contributed by atoms with E-state index in [0.29, 0.717) is 0 Å². The second-order valence-corrected chi connectivity index (χ2v) is 9.71. The summed E-state index contributed by atoms with van der Waals surface area (Å²) >= 11 is 16.2. The number of halogens is 3. The zero-order valence-corrected chi connectivity index (χ0v) is 21.3. The van der Waals surface area contributed by atoms with Gasteiger partial charge < -0.3 is 20.4 Å². The Balaban J connectivity index is 2.42. The van der Waals surface area contributed by atoms with Crippen molar-refractivity contribution in [3.05, 3.63) is 38.5 Å². The van der Waals surface area contributed by atoms with Crippen molar-refractivity contribution in [3.63, 3.8) is 0 Å². The summed E-state index contributed by atoms with van der Waals surface area (Å²) in [5, 5.41) is 12.0. The first kappa shape index (κ1) is 26.0. The maximum atomic E-state index is 12.7. The summed E-state index contributed by atoms with van der Waals surface area (Å²) in [6, 6.07) is 2.95. The highest BCUT2D eigenvalue weighted by Crippen LogP contribution is 2.39. The maximum Gasteiger partial charge on any atom is 0.415 e. The van der Waals surface area contributed by atoms with Crippen LogP contribution in [0.3, 0.4) is 0 Å². The predicted molar refractivity (Wildman–Crippen MR) is 127 cm³/mol. The second kappa shape index (κ2) is 10.5. The molecule has 0 fully saturated rings. The van der Waals surface area contributed by atoms with Crippen LogP contribution in [-0.2, 0) is 4.74 Å². The predicted octanol–water partition coefficient (Wildman–Crippen LogP) is 5.95. The van der Waals surface area contributed by atoms with Crippen molar-refractivity contribution in [2.75, 3.05) is 11.4 Å². The van der Waals surface area contributed by atoms with Crippen molar-refractivity contribution in [2.24, 2.45) is 10.9 Å². The van der Waals surface area contributed by atoms with Crippen LogP contribution in [0.5, 0.6) is 11.8 Å². The number of anilines is 1. The van der Waals surface area contributed by atoms with E-state index in [9.17, 15) is 4.79 Å². The van der Waals surface area contributed by atoms with Gasteiger partial charge in [-0.1, -0.05) is 42.2 Å². The molecule has 0 bridgehead atoms. The third-order valence-corrected chi connectivity index (χ3v) is 5.02. The van der Waals surface area contributed by atoms with E-state index in [0.717, 1.165) is 15.1 Å². The molecule has 0 aliphatic carbocycles. The highest BCUT2D eigenvalue weighted by Gasteiger charge is 2.26. The molecule has 32 heavy (non-hydrogen) atoms. The van der Waals surface area contributed by atoms with E-state index in [2.05, 4.69) is 31.1 Å². The molecular weight excluding hydrogens is 525 g/mol. The Morgan fingerprint density at radius 2 is 1.91 bits per heavy atom. The van der Waals surface area contributed by atoms with Crippen LogP contribution in [0, 0.1) is 0 Å². The van der Waals surface area contributed by atoms with Crippen LogP contribution in [0.1, 0.15) is 46.2 Å². The summed E-state index contributed by atoms with van der Waals surface area (Å²) in [7, 11) is 0. The molecule has 174 valence electrons. The molecule has 0 radical (unpaired) electrons. The van der Waals surface area contributed by atoms with Crippen LogP contribution in [0.2, 0.25) is 10.0 Å². The molecular formula is C20H24BrCl2N5O4. The Bertz CT molecular complexity index is 1000. The fourth-order valence-corrected chi connectivity index (χ4v) is 3.68. The Labute approximate surface area is 204 Å². The second-order valence-electron chi connectivity index (χ2n) is 8.04. The topological polar surface area (TPSA) is 123 Å². The number of benzene rings is 1. The first-order chi connectivity index (χ1) is 14.8. The number of amides is 1. The molecule has 0 aliphatic heterocycles. The van der Waals surface area contributed by atoms with E-state index >= 15 is 0 Å². The maximum absolute atomic E-state index is 12.7. The summed E-state index contributed by atoms with van der Waals surface area (Å²) in [5.74, 6) is 0.0269. The van der Waals surface area contributed by atoms with E-state index in [1.165, 1.54) is 12.1 Å². The molecule has 1 aromatic heterocycles. The first-order valence-corrected chi connectivity index (χ1v) is 11.0. The molecule has 0 saturated heterocycles.